The number of carbonyl (C=O) groups excluding carboxylic acids is 1. The summed E-state index contributed by atoms with van der Waals surface area (Å²) in [6, 6.07) is 24.0. The Morgan fingerprint density at radius 1 is 1.03 bits per heavy atom. The minimum absolute atomic E-state index is 0.242. The molecule has 1 aliphatic rings. The van der Waals surface area contributed by atoms with Crippen LogP contribution in [0.4, 0.5) is 0 Å². The SMILES string of the molecule is CCOC(=O)c1ccc([C@H]2CC[C@H](N[C@H](C)c3cccc4ccccc34)C2)cc1. The predicted molar refractivity (Wildman–Crippen MR) is 118 cm³/mol. The normalized spacial score (nSPS) is 19.9. The van der Waals surface area contributed by atoms with Crippen molar-refractivity contribution >= 4 is 16.7 Å². The highest BCUT2D eigenvalue weighted by Crippen LogP contribution is 2.36. The molecule has 3 aromatic rings. The number of nitrogens with one attached hydrogen (secondary N) is 1. The van der Waals surface area contributed by atoms with Crippen molar-refractivity contribution in [1.29, 1.82) is 0 Å². The standard InChI is InChI=1S/C26H29NO2/c1-3-29-26(28)21-13-11-19(12-14-21)22-15-16-23(17-22)27-18(2)24-10-6-8-20-7-4-5-9-25(20)24/h4-14,18,22-23,27H,3,15-17H2,1-2H3/t18-,22+,23+/m1/s1. The molecule has 1 N–H and O–H groups in total. The number of benzene rings is 3. The van der Waals surface area contributed by atoms with Gasteiger partial charge in [0.15, 0.2) is 0 Å². The number of esters is 1. The molecule has 0 bridgehead atoms. The van der Waals surface area contributed by atoms with Crippen LogP contribution < -0.4 is 5.32 Å². The van der Waals surface area contributed by atoms with Crippen LogP contribution in [0.3, 0.4) is 0 Å². The average Bonchev–Trinajstić information content (AvgIpc) is 3.22. The first-order chi connectivity index (χ1) is 14.2. The first-order valence-electron chi connectivity index (χ1n) is 10.7. The van der Waals surface area contributed by atoms with Gasteiger partial charge in [0.05, 0.1) is 12.2 Å². The van der Waals surface area contributed by atoms with Gasteiger partial charge in [-0.3, -0.25) is 0 Å². The predicted octanol–water partition coefficient (Wildman–Crippen LogP) is 6.00. The van der Waals surface area contributed by atoms with Gasteiger partial charge in [-0.15, -0.1) is 0 Å². The number of rotatable bonds is 6. The molecular formula is C26H29NO2. The monoisotopic (exact) mass is 387 g/mol. The Morgan fingerprint density at radius 3 is 2.59 bits per heavy atom. The Morgan fingerprint density at radius 2 is 1.79 bits per heavy atom. The summed E-state index contributed by atoms with van der Waals surface area (Å²) in [6.45, 7) is 4.51. The van der Waals surface area contributed by atoms with Crippen molar-refractivity contribution in [2.24, 2.45) is 0 Å². The lowest BCUT2D eigenvalue weighted by Gasteiger charge is -2.21. The van der Waals surface area contributed by atoms with Crippen molar-refractivity contribution < 1.29 is 9.53 Å². The summed E-state index contributed by atoms with van der Waals surface area (Å²) >= 11 is 0. The molecule has 29 heavy (non-hydrogen) atoms. The van der Waals surface area contributed by atoms with Crippen LogP contribution in [0.25, 0.3) is 10.8 Å². The van der Waals surface area contributed by atoms with Crippen LogP contribution in [-0.4, -0.2) is 18.6 Å². The molecule has 0 aromatic heterocycles. The Hall–Kier alpha value is -2.65. The molecule has 1 fully saturated rings. The van der Waals surface area contributed by atoms with E-state index < -0.39 is 0 Å². The molecule has 0 radical (unpaired) electrons. The highest BCUT2D eigenvalue weighted by Gasteiger charge is 2.27. The van der Waals surface area contributed by atoms with Crippen LogP contribution in [0.1, 0.15) is 66.6 Å². The maximum Gasteiger partial charge on any atom is 0.338 e. The fraction of sp³-hybridized carbons (Fsp3) is 0.346. The molecule has 150 valence electrons. The maximum absolute atomic E-state index is 11.8. The van der Waals surface area contributed by atoms with Crippen molar-refractivity contribution in [2.45, 2.75) is 51.1 Å². The zero-order valence-corrected chi connectivity index (χ0v) is 17.2. The first kappa shape index (κ1) is 19.7. The largest absolute Gasteiger partial charge is 0.462 e. The minimum Gasteiger partial charge on any atom is -0.462 e. The van der Waals surface area contributed by atoms with Crippen molar-refractivity contribution in [3.05, 3.63) is 83.4 Å². The molecule has 0 spiro atoms. The van der Waals surface area contributed by atoms with E-state index in [9.17, 15) is 4.79 Å². The van der Waals surface area contributed by atoms with Gasteiger partial charge in [-0.2, -0.15) is 0 Å². The van der Waals surface area contributed by atoms with Gasteiger partial charge in [-0.05, 0) is 73.1 Å². The molecule has 3 heteroatoms. The topological polar surface area (TPSA) is 38.3 Å². The van der Waals surface area contributed by atoms with Gasteiger partial charge in [-0.25, -0.2) is 4.79 Å². The summed E-state index contributed by atoms with van der Waals surface area (Å²) in [5.74, 6) is 0.303. The van der Waals surface area contributed by atoms with E-state index in [0.717, 1.165) is 6.42 Å². The van der Waals surface area contributed by atoms with Crippen molar-refractivity contribution in [2.75, 3.05) is 6.61 Å². The molecular weight excluding hydrogens is 358 g/mol. The third kappa shape index (κ3) is 4.35. The fourth-order valence-electron chi connectivity index (χ4n) is 4.61. The van der Waals surface area contributed by atoms with Crippen molar-refractivity contribution in [3.8, 4) is 0 Å². The number of carbonyl (C=O) groups is 1. The van der Waals surface area contributed by atoms with Crippen LogP contribution in [0.2, 0.25) is 0 Å². The summed E-state index contributed by atoms with van der Waals surface area (Å²) < 4.78 is 5.08. The third-order valence-corrected chi connectivity index (χ3v) is 6.10. The molecule has 4 rings (SSSR count). The van der Waals surface area contributed by atoms with Gasteiger partial charge in [0.1, 0.15) is 0 Å². The molecule has 3 nitrogen and oxygen atoms in total. The lowest BCUT2D eigenvalue weighted by Crippen LogP contribution is -2.29. The highest BCUT2D eigenvalue weighted by atomic mass is 16.5. The number of hydrogen-bond acceptors (Lipinski definition) is 3. The van der Waals surface area contributed by atoms with Gasteiger partial charge < -0.3 is 10.1 Å². The molecule has 0 heterocycles. The quantitative estimate of drug-likeness (QED) is 0.527. The van der Waals surface area contributed by atoms with Gasteiger partial charge in [0.25, 0.3) is 0 Å². The number of fused-ring (bicyclic) bond motifs is 1. The van der Waals surface area contributed by atoms with Crippen LogP contribution in [0.15, 0.2) is 66.7 Å². The number of ether oxygens (including phenoxy) is 1. The first-order valence-corrected chi connectivity index (χ1v) is 10.7. The molecule has 3 atom stereocenters. The van der Waals surface area contributed by atoms with Crippen LogP contribution >= 0.6 is 0 Å². The van der Waals surface area contributed by atoms with Crippen molar-refractivity contribution in [3.63, 3.8) is 0 Å². The Bertz CT molecular complexity index is 974. The Balaban J connectivity index is 1.40. The average molecular weight is 388 g/mol. The van der Waals surface area contributed by atoms with Crippen LogP contribution in [0, 0.1) is 0 Å². The van der Waals surface area contributed by atoms with Crippen LogP contribution in [0.5, 0.6) is 0 Å². The van der Waals surface area contributed by atoms with E-state index in [2.05, 4.69) is 66.8 Å². The van der Waals surface area contributed by atoms with E-state index in [0.29, 0.717) is 30.2 Å². The second kappa shape index (κ2) is 8.79. The fourth-order valence-corrected chi connectivity index (χ4v) is 4.61. The summed E-state index contributed by atoms with van der Waals surface area (Å²) in [6.07, 6.45) is 3.49. The molecule has 0 saturated heterocycles. The van der Waals surface area contributed by atoms with E-state index in [1.54, 1.807) is 0 Å². The Labute approximate surface area is 173 Å². The molecule has 1 saturated carbocycles. The van der Waals surface area contributed by atoms with Gasteiger partial charge in [-0.1, -0.05) is 54.6 Å². The third-order valence-electron chi connectivity index (χ3n) is 6.10. The Kier molecular flexibility index (Phi) is 5.96. The second-order valence-corrected chi connectivity index (χ2v) is 8.01. The summed E-state index contributed by atoms with van der Waals surface area (Å²) in [7, 11) is 0. The molecule has 0 aliphatic heterocycles. The minimum atomic E-state index is -0.242. The van der Waals surface area contributed by atoms with Crippen molar-refractivity contribution in [1.82, 2.24) is 5.32 Å². The van der Waals surface area contributed by atoms with E-state index in [1.165, 1.54) is 34.7 Å². The van der Waals surface area contributed by atoms with Gasteiger partial charge in [0.2, 0.25) is 0 Å². The maximum atomic E-state index is 11.8. The van der Waals surface area contributed by atoms with E-state index in [4.69, 9.17) is 4.74 Å². The zero-order chi connectivity index (χ0) is 20.2. The second-order valence-electron chi connectivity index (χ2n) is 8.01. The number of hydrogen-bond donors (Lipinski definition) is 1. The summed E-state index contributed by atoms with van der Waals surface area (Å²) in [5.41, 5.74) is 3.32. The summed E-state index contributed by atoms with van der Waals surface area (Å²) in [5, 5.41) is 6.49. The zero-order valence-electron chi connectivity index (χ0n) is 17.2. The lowest BCUT2D eigenvalue weighted by atomic mass is 9.96. The van der Waals surface area contributed by atoms with E-state index in [-0.39, 0.29) is 5.97 Å². The smallest absolute Gasteiger partial charge is 0.338 e. The van der Waals surface area contributed by atoms with E-state index in [1.807, 2.05) is 19.1 Å². The highest BCUT2D eigenvalue weighted by molar-refractivity contribution is 5.89. The summed E-state index contributed by atoms with van der Waals surface area (Å²) in [4.78, 5) is 11.8. The lowest BCUT2D eigenvalue weighted by molar-refractivity contribution is 0.0526. The molecule has 0 unspecified atom stereocenters. The van der Waals surface area contributed by atoms with Crippen LogP contribution in [-0.2, 0) is 4.74 Å². The molecule has 3 aromatic carbocycles. The van der Waals surface area contributed by atoms with Gasteiger partial charge >= 0.3 is 5.97 Å². The van der Waals surface area contributed by atoms with E-state index >= 15 is 0 Å². The molecule has 0 amide bonds. The molecule has 1 aliphatic carbocycles. The van der Waals surface area contributed by atoms with Gasteiger partial charge in [0, 0.05) is 12.1 Å².